The first-order valence-corrected chi connectivity index (χ1v) is 8.05. The van der Waals surface area contributed by atoms with Crippen LogP contribution >= 0.6 is 0 Å². The molecule has 0 bridgehead atoms. The lowest BCUT2D eigenvalue weighted by Gasteiger charge is -2.34. The summed E-state index contributed by atoms with van der Waals surface area (Å²) in [5.41, 5.74) is 1.05. The van der Waals surface area contributed by atoms with Crippen molar-refractivity contribution in [2.24, 2.45) is 5.92 Å². The van der Waals surface area contributed by atoms with E-state index in [0.29, 0.717) is 5.91 Å². The Morgan fingerprint density at radius 1 is 1.38 bits per heavy atom. The molecule has 1 aliphatic rings. The van der Waals surface area contributed by atoms with Gasteiger partial charge in [0.25, 0.3) is 0 Å². The molecule has 0 N–H and O–H groups in total. The summed E-state index contributed by atoms with van der Waals surface area (Å²) in [6.07, 6.45) is 4.10. The van der Waals surface area contributed by atoms with E-state index in [-0.39, 0.29) is 5.92 Å². The van der Waals surface area contributed by atoms with Crippen molar-refractivity contribution in [3.63, 3.8) is 0 Å². The minimum atomic E-state index is 0.188. The second-order valence-electron chi connectivity index (χ2n) is 6.01. The molecule has 4 nitrogen and oxygen atoms in total. The third kappa shape index (κ3) is 4.19. The predicted molar refractivity (Wildman–Crippen MR) is 86.5 cm³/mol. The van der Waals surface area contributed by atoms with Gasteiger partial charge in [-0.15, -0.1) is 0 Å². The molecule has 2 heterocycles. The molecule has 0 saturated carbocycles. The zero-order valence-electron chi connectivity index (χ0n) is 13.5. The van der Waals surface area contributed by atoms with Gasteiger partial charge < -0.3 is 9.80 Å². The summed E-state index contributed by atoms with van der Waals surface area (Å²) >= 11 is 0. The van der Waals surface area contributed by atoms with Crippen LogP contribution in [0.2, 0.25) is 0 Å². The summed E-state index contributed by atoms with van der Waals surface area (Å²) in [7, 11) is 1.94. The SMILES string of the molecule is CCCCN(C)C(=O)C1CCN(c2cccc(C)n2)CC1. The lowest BCUT2D eigenvalue weighted by atomic mass is 9.95. The fraction of sp³-hybridized carbons (Fsp3) is 0.647. The second kappa shape index (κ2) is 7.43. The molecular weight excluding hydrogens is 262 g/mol. The van der Waals surface area contributed by atoms with Crippen molar-refractivity contribution in [2.45, 2.75) is 39.5 Å². The van der Waals surface area contributed by atoms with E-state index in [1.54, 1.807) is 0 Å². The zero-order chi connectivity index (χ0) is 15.2. The van der Waals surface area contributed by atoms with Gasteiger partial charge in [0.1, 0.15) is 5.82 Å². The molecule has 1 aromatic rings. The number of piperidine rings is 1. The van der Waals surface area contributed by atoms with E-state index in [1.807, 2.05) is 31.0 Å². The van der Waals surface area contributed by atoms with E-state index in [1.165, 1.54) is 0 Å². The molecule has 0 aromatic carbocycles. The van der Waals surface area contributed by atoms with Crippen molar-refractivity contribution < 1.29 is 4.79 Å². The van der Waals surface area contributed by atoms with Gasteiger partial charge in [-0.05, 0) is 38.3 Å². The van der Waals surface area contributed by atoms with Crippen LogP contribution in [0.15, 0.2) is 18.2 Å². The Hall–Kier alpha value is -1.58. The van der Waals surface area contributed by atoms with Gasteiger partial charge in [-0.25, -0.2) is 4.98 Å². The number of rotatable bonds is 5. The molecular formula is C17H27N3O. The number of aromatic nitrogens is 1. The zero-order valence-corrected chi connectivity index (χ0v) is 13.5. The minimum absolute atomic E-state index is 0.188. The van der Waals surface area contributed by atoms with Crippen molar-refractivity contribution in [2.75, 3.05) is 31.6 Å². The van der Waals surface area contributed by atoms with Crippen molar-refractivity contribution in [1.82, 2.24) is 9.88 Å². The third-order valence-corrected chi connectivity index (χ3v) is 4.27. The van der Waals surface area contributed by atoms with Crippen LogP contribution in [0.25, 0.3) is 0 Å². The predicted octanol–water partition coefficient (Wildman–Crippen LogP) is 2.86. The maximum Gasteiger partial charge on any atom is 0.225 e. The van der Waals surface area contributed by atoms with E-state index >= 15 is 0 Å². The first-order chi connectivity index (χ1) is 10.1. The summed E-state index contributed by atoms with van der Waals surface area (Å²) < 4.78 is 0. The van der Waals surface area contributed by atoms with Gasteiger partial charge in [-0.3, -0.25) is 4.79 Å². The lowest BCUT2D eigenvalue weighted by molar-refractivity contribution is -0.134. The highest BCUT2D eigenvalue weighted by Gasteiger charge is 2.27. The molecule has 4 heteroatoms. The monoisotopic (exact) mass is 289 g/mol. The van der Waals surface area contributed by atoms with E-state index in [0.717, 1.165) is 56.8 Å². The summed E-state index contributed by atoms with van der Waals surface area (Å²) in [6.45, 7) is 6.91. The number of amides is 1. The summed E-state index contributed by atoms with van der Waals surface area (Å²) in [5, 5.41) is 0. The van der Waals surface area contributed by atoms with Gasteiger partial charge in [0.15, 0.2) is 0 Å². The molecule has 2 rings (SSSR count). The van der Waals surface area contributed by atoms with E-state index in [4.69, 9.17) is 0 Å². The molecule has 0 radical (unpaired) electrons. The highest BCUT2D eigenvalue weighted by atomic mass is 16.2. The largest absolute Gasteiger partial charge is 0.357 e. The van der Waals surface area contributed by atoms with E-state index < -0.39 is 0 Å². The average Bonchev–Trinajstić information content (AvgIpc) is 2.52. The van der Waals surface area contributed by atoms with Crippen LogP contribution in [-0.2, 0) is 4.79 Å². The number of anilines is 1. The molecule has 0 atom stereocenters. The standard InChI is InChI=1S/C17H27N3O/c1-4-5-11-19(3)17(21)15-9-12-20(13-10-15)16-8-6-7-14(2)18-16/h6-8,15H,4-5,9-13H2,1-3H3. The van der Waals surface area contributed by atoms with Gasteiger partial charge in [0.2, 0.25) is 5.91 Å². The Morgan fingerprint density at radius 3 is 2.71 bits per heavy atom. The Kier molecular flexibility index (Phi) is 5.59. The molecule has 1 aliphatic heterocycles. The summed E-state index contributed by atoms with van der Waals surface area (Å²) in [6, 6.07) is 6.12. The Morgan fingerprint density at radius 2 is 2.10 bits per heavy atom. The van der Waals surface area contributed by atoms with Crippen LogP contribution in [0, 0.1) is 12.8 Å². The fourth-order valence-electron chi connectivity index (χ4n) is 2.88. The van der Waals surface area contributed by atoms with Gasteiger partial charge in [0.05, 0.1) is 0 Å². The molecule has 1 fully saturated rings. The number of pyridine rings is 1. The van der Waals surface area contributed by atoms with Gasteiger partial charge in [-0.2, -0.15) is 0 Å². The highest BCUT2D eigenvalue weighted by Crippen LogP contribution is 2.23. The Labute approximate surface area is 128 Å². The maximum atomic E-state index is 12.4. The maximum absolute atomic E-state index is 12.4. The number of hydrogen-bond acceptors (Lipinski definition) is 3. The summed E-state index contributed by atoms with van der Waals surface area (Å²) in [4.78, 5) is 21.2. The molecule has 21 heavy (non-hydrogen) atoms. The molecule has 0 unspecified atom stereocenters. The van der Waals surface area contributed by atoms with Gasteiger partial charge in [-0.1, -0.05) is 19.4 Å². The number of carbonyl (C=O) groups is 1. The van der Waals surface area contributed by atoms with Crippen LogP contribution in [0.5, 0.6) is 0 Å². The van der Waals surface area contributed by atoms with Crippen molar-refractivity contribution in [3.8, 4) is 0 Å². The normalized spacial score (nSPS) is 16.0. The minimum Gasteiger partial charge on any atom is -0.357 e. The van der Waals surface area contributed by atoms with Crippen LogP contribution < -0.4 is 4.90 Å². The van der Waals surface area contributed by atoms with Crippen LogP contribution in [0.3, 0.4) is 0 Å². The Balaban J connectivity index is 1.87. The number of hydrogen-bond donors (Lipinski definition) is 0. The van der Waals surface area contributed by atoms with Crippen LogP contribution in [0.4, 0.5) is 5.82 Å². The number of unbranched alkanes of at least 4 members (excludes halogenated alkanes) is 1. The smallest absolute Gasteiger partial charge is 0.225 e. The molecule has 1 aromatic heterocycles. The van der Waals surface area contributed by atoms with E-state index in [9.17, 15) is 4.79 Å². The van der Waals surface area contributed by atoms with Gasteiger partial charge in [0, 0.05) is 38.3 Å². The van der Waals surface area contributed by atoms with Crippen LogP contribution in [0.1, 0.15) is 38.3 Å². The highest BCUT2D eigenvalue weighted by molar-refractivity contribution is 5.78. The molecule has 1 amide bonds. The fourth-order valence-corrected chi connectivity index (χ4v) is 2.88. The molecule has 1 saturated heterocycles. The first-order valence-electron chi connectivity index (χ1n) is 8.05. The Bertz CT molecular complexity index is 467. The van der Waals surface area contributed by atoms with E-state index in [2.05, 4.69) is 22.9 Å². The van der Waals surface area contributed by atoms with Gasteiger partial charge >= 0.3 is 0 Å². The average molecular weight is 289 g/mol. The van der Waals surface area contributed by atoms with Crippen molar-refractivity contribution >= 4 is 11.7 Å². The van der Waals surface area contributed by atoms with Crippen LogP contribution in [-0.4, -0.2) is 42.5 Å². The second-order valence-corrected chi connectivity index (χ2v) is 6.01. The summed E-state index contributed by atoms with van der Waals surface area (Å²) in [5.74, 6) is 1.55. The third-order valence-electron chi connectivity index (χ3n) is 4.27. The number of aryl methyl sites for hydroxylation is 1. The number of carbonyl (C=O) groups excluding carboxylic acids is 1. The first kappa shape index (κ1) is 15.8. The van der Waals surface area contributed by atoms with Crippen molar-refractivity contribution in [1.29, 1.82) is 0 Å². The molecule has 116 valence electrons. The molecule has 0 spiro atoms. The lowest BCUT2D eigenvalue weighted by Crippen LogP contribution is -2.41. The quantitative estimate of drug-likeness (QED) is 0.836. The molecule has 0 aliphatic carbocycles. The van der Waals surface area contributed by atoms with Crippen molar-refractivity contribution in [3.05, 3.63) is 23.9 Å². The topological polar surface area (TPSA) is 36.4 Å². The number of nitrogens with zero attached hydrogens (tertiary/aromatic N) is 3.